The Balaban J connectivity index is 1.90. The molecule has 13 heavy (non-hydrogen) atoms. The minimum atomic E-state index is 0.826. The van der Waals surface area contributed by atoms with Gasteiger partial charge in [0.2, 0.25) is 0 Å². The van der Waals surface area contributed by atoms with E-state index < -0.39 is 0 Å². The van der Waals surface area contributed by atoms with E-state index in [1.165, 1.54) is 37.9 Å². The van der Waals surface area contributed by atoms with Crippen LogP contribution in [0.4, 0.5) is 0 Å². The summed E-state index contributed by atoms with van der Waals surface area (Å²) < 4.78 is 0. The van der Waals surface area contributed by atoms with Crippen LogP contribution in [0.5, 0.6) is 0 Å². The van der Waals surface area contributed by atoms with Gasteiger partial charge in [0.15, 0.2) is 0 Å². The number of hydrogen-bond donors (Lipinski definition) is 1. The van der Waals surface area contributed by atoms with Gasteiger partial charge in [-0.2, -0.15) is 0 Å². The number of hydrogen-bond acceptors (Lipinski definition) is 1. The number of rotatable bonds is 2. The Hall–Kier alpha value is -0.820. The van der Waals surface area contributed by atoms with Crippen LogP contribution < -0.4 is 5.32 Å². The average molecular weight is 174 g/mol. The van der Waals surface area contributed by atoms with Gasteiger partial charge in [-0.3, -0.25) is 0 Å². The first-order valence-corrected chi connectivity index (χ1v) is 5.11. The molecule has 1 aromatic carbocycles. The predicted octanol–water partition coefficient (Wildman–Crippen LogP) is 2.03. The van der Waals surface area contributed by atoms with Crippen LogP contribution in [0.15, 0.2) is 24.3 Å². The molecule has 1 N–H and O–H groups in total. The molecule has 0 saturated carbocycles. The highest BCUT2D eigenvalue weighted by molar-refractivity contribution is 5.13. The number of nitrogens with one attached hydrogen (secondary N) is 1. The summed E-state index contributed by atoms with van der Waals surface area (Å²) in [6.07, 6.45) is 3.89. The van der Waals surface area contributed by atoms with Gasteiger partial charge < -0.3 is 5.32 Å². The van der Waals surface area contributed by atoms with E-state index in [9.17, 15) is 0 Å². The van der Waals surface area contributed by atoms with Gasteiger partial charge in [-0.1, -0.05) is 24.3 Å². The molecule has 2 rings (SSSR count). The minimum absolute atomic E-state index is 0.826. The number of benzene rings is 1. The molecule has 1 heterocycles. The van der Waals surface area contributed by atoms with Crippen molar-refractivity contribution in [2.75, 3.05) is 13.1 Å². The molecule has 1 nitrogen and oxygen atoms in total. The molecule has 0 amide bonds. The normalized spacial score (nSPS) is 22.9. The van der Waals surface area contributed by atoms with Crippen LogP contribution in [0.2, 0.25) is 0 Å². The molecule has 69 valence electrons. The van der Waals surface area contributed by atoms with Crippen LogP contribution in [0.1, 0.15) is 18.4 Å². The van der Waals surface area contributed by atoms with E-state index in [1.54, 1.807) is 0 Å². The van der Waals surface area contributed by atoms with Crippen molar-refractivity contribution in [3.8, 4) is 0 Å². The molecule has 1 unspecified atom stereocenters. The minimum Gasteiger partial charge on any atom is -0.316 e. The lowest BCUT2D eigenvalue weighted by molar-refractivity contribution is 0.376. The van der Waals surface area contributed by atoms with Crippen molar-refractivity contribution in [3.05, 3.63) is 35.9 Å². The van der Waals surface area contributed by atoms with Crippen molar-refractivity contribution in [2.45, 2.75) is 19.3 Å². The molecule has 1 radical (unpaired) electrons. The first-order valence-electron chi connectivity index (χ1n) is 5.11. The predicted molar refractivity (Wildman–Crippen MR) is 54.6 cm³/mol. The Morgan fingerprint density at radius 1 is 1.46 bits per heavy atom. The fourth-order valence-corrected chi connectivity index (χ4v) is 1.97. The van der Waals surface area contributed by atoms with E-state index in [-0.39, 0.29) is 0 Å². The molecular weight excluding hydrogens is 158 g/mol. The molecule has 0 aliphatic carbocycles. The van der Waals surface area contributed by atoms with Crippen LogP contribution in [-0.4, -0.2) is 13.1 Å². The molecule has 1 atom stereocenters. The van der Waals surface area contributed by atoms with E-state index in [1.807, 2.05) is 12.1 Å². The molecule has 1 aliphatic rings. The van der Waals surface area contributed by atoms with Crippen molar-refractivity contribution < 1.29 is 0 Å². The Labute approximate surface area is 80.2 Å². The summed E-state index contributed by atoms with van der Waals surface area (Å²) in [6, 6.07) is 11.6. The zero-order chi connectivity index (χ0) is 8.93. The second-order valence-corrected chi connectivity index (χ2v) is 3.80. The Morgan fingerprint density at radius 3 is 3.15 bits per heavy atom. The van der Waals surface area contributed by atoms with Gasteiger partial charge in [-0.25, -0.2) is 0 Å². The molecule has 0 aromatic heterocycles. The Kier molecular flexibility index (Phi) is 2.98. The van der Waals surface area contributed by atoms with Gasteiger partial charge in [0.05, 0.1) is 0 Å². The molecule has 1 heteroatoms. The average Bonchev–Trinajstić information content (AvgIpc) is 2.21. The van der Waals surface area contributed by atoms with Crippen LogP contribution in [-0.2, 0) is 6.42 Å². The summed E-state index contributed by atoms with van der Waals surface area (Å²) in [5.41, 5.74) is 1.36. The largest absolute Gasteiger partial charge is 0.316 e. The van der Waals surface area contributed by atoms with Gasteiger partial charge in [-0.15, -0.1) is 0 Å². The summed E-state index contributed by atoms with van der Waals surface area (Å²) in [5, 5.41) is 3.44. The van der Waals surface area contributed by atoms with Crippen molar-refractivity contribution >= 4 is 0 Å². The molecule has 1 fully saturated rings. The third kappa shape index (κ3) is 2.56. The Morgan fingerprint density at radius 2 is 2.46 bits per heavy atom. The van der Waals surface area contributed by atoms with E-state index in [0.29, 0.717) is 0 Å². The lowest BCUT2D eigenvalue weighted by atomic mass is 9.92. The fraction of sp³-hybridized carbons (Fsp3) is 0.500. The second kappa shape index (κ2) is 4.43. The maximum atomic E-state index is 3.44. The third-order valence-electron chi connectivity index (χ3n) is 2.68. The first-order chi connectivity index (χ1) is 6.45. The zero-order valence-corrected chi connectivity index (χ0v) is 7.92. The first kappa shape index (κ1) is 8.76. The summed E-state index contributed by atoms with van der Waals surface area (Å²) >= 11 is 0. The summed E-state index contributed by atoms with van der Waals surface area (Å²) in [4.78, 5) is 0. The topological polar surface area (TPSA) is 12.0 Å². The van der Waals surface area contributed by atoms with Gasteiger partial charge in [0, 0.05) is 0 Å². The highest BCUT2D eigenvalue weighted by Gasteiger charge is 2.12. The van der Waals surface area contributed by atoms with Crippen LogP contribution in [0.25, 0.3) is 0 Å². The summed E-state index contributed by atoms with van der Waals surface area (Å²) in [7, 11) is 0. The zero-order valence-electron chi connectivity index (χ0n) is 7.92. The SMILES string of the molecule is [c]1ccccc1CC1CCCNC1. The van der Waals surface area contributed by atoms with Crippen LogP contribution >= 0.6 is 0 Å². The molecule has 1 saturated heterocycles. The fourth-order valence-electron chi connectivity index (χ4n) is 1.97. The van der Waals surface area contributed by atoms with Gasteiger partial charge in [0.1, 0.15) is 0 Å². The maximum Gasteiger partial charge on any atom is -0.00173 e. The summed E-state index contributed by atoms with van der Waals surface area (Å²) in [6.45, 7) is 2.39. The van der Waals surface area contributed by atoms with Gasteiger partial charge >= 0.3 is 0 Å². The smallest absolute Gasteiger partial charge is 0.00173 e. The highest BCUT2D eigenvalue weighted by atomic mass is 14.9. The van der Waals surface area contributed by atoms with Crippen molar-refractivity contribution in [1.82, 2.24) is 5.32 Å². The van der Waals surface area contributed by atoms with Gasteiger partial charge in [-0.05, 0) is 49.9 Å². The highest BCUT2D eigenvalue weighted by Crippen LogP contribution is 2.15. The molecular formula is C12H16N. The number of piperidine rings is 1. The monoisotopic (exact) mass is 174 g/mol. The Bertz CT molecular complexity index is 237. The quantitative estimate of drug-likeness (QED) is 0.723. The molecule has 1 aromatic rings. The van der Waals surface area contributed by atoms with Crippen LogP contribution in [0.3, 0.4) is 0 Å². The van der Waals surface area contributed by atoms with E-state index in [4.69, 9.17) is 0 Å². The van der Waals surface area contributed by atoms with Crippen LogP contribution in [0, 0.1) is 12.0 Å². The van der Waals surface area contributed by atoms with Crippen molar-refractivity contribution in [2.24, 2.45) is 5.92 Å². The molecule has 0 spiro atoms. The van der Waals surface area contributed by atoms with Crippen molar-refractivity contribution in [3.63, 3.8) is 0 Å². The second-order valence-electron chi connectivity index (χ2n) is 3.80. The molecule has 1 aliphatic heterocycles. The molecule has 0 bridgehead atoms. The third-order valence-corrected chi connectivity index (χ3v) is 2.68. The standard InChI is InChI=1S/C12H16N/c1-2-5-11(6-3-1)9-12-7-4-8-13-10-12/h1-3,5,12-13H,4,7-10H2. The summed E-state index contributed by atoms with van der Waals surface area (Å²) in [5.74, 6) is 0.826. The van der Waals surface area contributed by atoms with E-state index in [2.05, 4.69) is 23.5 Å². The van der Waals surface area contributed by atoms with E-state index in [0.717, 1.165) is 5.92 Å². The lowest BCUT2D eigenvalue weighted by Gasteiger charge is -2.22. The maximum absolute atomic E-state index is 3.44. The lowest BCUT2D eigenvalue weighted by Crippen LogP contribution is -2.30. The van der Waals surface area contributed by atoms with E-state index >= 15 is 0 Å². The van der Waals surface area contributed by atoms with Crippen molar-refractivity contribution in [1.29, 1.82) is 0 Å². The van der Waals surface area contributed by atoms with Gasteiger partial charge in [0.25, 0.3) is 0 Å².